The zero-order valence-electron chi connectivity index (χ0n) is 15.5. The molecule has 0 aliphatic carbocycles. The van der Waals surface area contributed by atoms with Crippen molar-refractivity contribution >= 4 is 33.4 Å². The Morgan fingerprint density at radius 3 is 2.50 bits per heavy atom. The minimum atomic E-state index is -5.08. The molecule has 3 aromatic rings. The molecule has 1 amide bonds. The quantitative estimate of drug-likeness (QED) is 0.514. The molecule has 0 aliphatic heterocycles. The number of imidazole rings is 1. The first-order chi connectivity index (χ1) is 13.9. The average Bonchev–Trinajstić information content (AvgIpc) is 3.31. The van der Waals surface area contributed by atoms with Crippen molar-refractivity contribution in [2.75, 3.05) is 6.54 Å². The van der Waals surface area contributed by atoms with Crippen LogP contribution in [0.3, 0.4) is 0 Å². The smallest absolute Gasteiger partial charge is 0.475 e. The van der Waals surface area contributed by atoms with E-state index in [1.165, 1.54) is 10.7 Å². The van der Waals surface area contributed by atoms with Gasteiger partial charge in [-0.05, 0) is 13.0 Å². The molecule has 0 radical (unpaired) electrons. The van der Waals surface area contributed by atoms with Gasteiger partial charge < -0.3 is 15.4 Å². The summed E-state index contributed by atoms with van der Waals surface area (Å²) in [6, 6.07) is 1.48. The predicted molar refractivity (Wildman–Crippen MR) is 96.6 cm³/mol. The lowest BCUT2D eigenvalue weighted by Gasteiger charge is -2.02. The lowest BCUT2D eigenvalue weighted by atomic mass is 10.3. The summed E-state index contributed by atoms with van der Waals surface area (Å²) >= 11 is 1.16. The molecule has 14 heteroatoms. The molecule has 3 N–H and O–H groups in total. The highest BCUT2D eigenvalue weighted by molar-refractivity contribution is 7.20. The van der Waals surface area contributed by atoms with E-state index < -0.39 is 18.6 Å². The number of carboxylic acid groups (broad SMARTS) is 1. The summed E-state index contributed by atoms with van der Waals surface area (Å²) in [6.45, 7) is 2.29. The number of halogens is 5. The van der Waals surface area contributed by atoms with Crippen LogP contribution in [-0.2, 0) is 18.3 Å². The molecular weight excluding hydrogens is 437 g/mol. The van der Waals surface area contributed by atoms with Crippen molar-refractivity contribution in [2.45, 2.75) is 25.9 Å². The van der Waals surface area contributed by atoms with Gasteiger partial charge in [0.1, 0.15) is 16.3 Å². The van der Waals surface area contributed by atoms with E-state index in [1.807, 2.05) is 6.92 Å². The third kappa shape index (κ3) is 5.75. The minimum absolute atomic E-state index is 0.275. The van der Waals surface area contributed by atoms with Crippen LogP contribution in [0, 0.1) is 6.92 Å². The van der Waals surface area contributed by atoms with Crippen molar-refractivity contribution < 1.29 is 36.6 Å². The van der Waals surface area contributed by atoms with Gasteiger partial charge in [0.25, 0.3) is 12.3 Å². The number of H-pyrrole nitrogens is 1. The number of hydrogen-bond donors (Lipinski definition) is 3. The standard InChI is InChI=1S/C14H15F2N5OS.C2HF3O2/c1-7-18-6-8(19-7)3-4-17-13(22)10-5-9-11(12(15)16)20-21(2)14(9)23-10;3-2(4,5)1(6)7/h5-6,12H,3-4H2,1-2H3,(H,17,22)(H,18,19);(H,6,7). The fourth-order valence-corrected chi connectivity index (χ4v) is 3.33. The Morgan fingerprint density at radius 1 is 1.37 bits per heavy atom. The maximum Gasteiger partial charge on any atom is 0.490 e. The summed E-state index contributed by atoms with van der Waals surface area (Å²) in [4.78, 5) is 29.2. The molecule has 164 valence electrons. The molecule has 0 fully saturated rings. The second kappa shape index (κ2) is 9.19. The van der Waals surface area contributed by atoms with Crippen LogP contribution in [0.25, 0.3) is 10.2 Å². The Bertz CT molecular complexity index is 1040. The summed E-state index contributed by atoms with van der Waals surface area (Å²) in [5.74, 6) is -2.21. The number of carbonyl (C=O) groups excluding carboxylic acids is 1. The largest absolute Gasteiger partial charge is 0.490 e. The molecule has 0 bridgehead atoms. The minimum Gasteiger partial charge on any atom is -0.475 e. The zero-order chi connectivity index (χ0) is 22.6. The number of aromatic nitrogens is 4. The summed E-state index contributed by atoms with van der Waals surface area (Å²) in [5.41, 5.74) is 0.647. The number of alkyl halides is 5. The van der Waals surface area contributed by atoms with Crippen LogP contribution in [-0.4, -0.2) is 49.5 Å². The summed E-state index contributed by atoms with van der Waals surface area (Å²) in [6.07, 6.45) is -5.39. The fourth-order valence-electron chi connectivity index (χ4n) is 2.34. The van der Waals surface area contributed by atoms with E-state index in [2.05, 4.69) is 20.4 Å². The first-order valence-electron chi connectivity index (χ1n) is 8.23. The highest BCUT2D eigenvalue weighted by atomic mass is 32.1. The van der Waals surface area contributed by atoms with Crippen molar-refractivity contribution in [3.8, 4) is 0 Å². The van der Waals surface area contributed by atoms with E-state index in [0.29, 0.717) is 28.1 Å². The molecule has 0 saturated carbocycles. The number of aliphatic carboxylic acids is 1. The zero-order valence-corrected chi connectivity index (χ0v) is 16.4. The molecule has 3 aromatic heterocycles. The Morgan fingerprint density at radius 2 is 2.00 bits per heavy atom. The first-order valence-corrected chi connectivity index (χ1v) is 9.05. The van der Waals surface area contributed by atoms with Gasteiger partial charge >= 0.3 is 12.1 Å². The molecule has 0 aromatic carbocycles. The van der Waals surface area contributed by atoms with Crippen molar-refractivity contribution in [2.24, 2.45) is 7.05 Å². The number of hydrogen-bond acceptors (Lipinski definition) is 5. The maximum atomic E-state index is 12.9. The van der Waals surface area contributed by atoms with Gasteiger partial charge in [-0.3, -0.25) is 9.48 Å². The van der Waals surface area contributed by atoms with Crippen LogP contribution in [0.15, 0.2) is 12.3 Å². The SMILES string of the molecule is Cc1ncc(CCNC(=O)c2cc3c(C(F)F)nn(C)c3s2)[nH]1.O=C(O)C(F)(F)F. The molecule has 30 heavy (non-hydrogen) atoms. The Balaban J connectivity index is 0.000000396. The van der Waals surface area contributed by atoms with E-state index in [1.54, 1.807) is 13.2 Å². The first kappa shape index (κ1) is 23.3. The number of carbonyl (C=O) groups is 2. The predicted octanol–water partition coefficient (Wildman–Crippen LogP) is 3.21. The van der Waals surface area contributed by atoms with E-state index in [0.717, 1.165) is 22.9 Å². The highest BCUT2D eigenvalue weighted by Gasteiger charge is 2.38. The van der Waals surface area contributed by atoms with Crippen LogP contribution in [0.4, 0.5) is 22.0 Å². The van der Waals surface area contributed by atoms with Gasteiger partial charge in [-0.15, -0.1) is 11.3 Å². The third-order valence-corrected chi connectivity index (χ3v) is 4.85. The summed E-state index contributed by atoms with van der Waals surface area (Å²) < 4.78 is 59.0. The Labute approximate surface area is 169 Å². The number of rotatable bonds is 5. The van der Waals surface area contributed by atoms with Crippen LogP contribution in [0.1, 0.15) is 33.3 Å². The second-order valence-corrected chi connectivity index (χ2v) is 6.97. The van der Waals surface area contributed by atoms with Gasteiger partial charge in [-0.2, -0.15) is 18.3 Å². The molecule has 0 unspecified atom stereocenters. The number of nitrogens with one attached hydrogen (secondary N) is 2. The van der Waals surface area contributed by atoms with Crippen molar-refractivity contribution in [3.63, 3.8) is 0 Å². The van der Waals surface area contributed by atoms with Crippen LogP contribution >= 0.6 is 11.3 Å². The van der Waals surface area contributed by atoms with Crippen LogP contribution in [0.5, 0.6) is 0 Å². The van der Waals surface area contributed by atoms with Gasteiger partial charge in [-0.1, -0.05) is 0 Å². The number of fused-ring (bicyclic) bond motifs is 1. The number of thiophene rings is 1. The molecule has 0 spiro atoms. The summed E-state index contributed by atoms with van der Waals surface area (Å²) in [5, 5.41) is 14.0. The van der Waals surface area contributed by atoms with E-state index >= 15 is 0 Å². The highest BCUT2D eigenvalue weighted by Crippen LogP contribution is 2.32. The maximum absolute atomic E-state index is 12.9. The van der Waals surface area contributed by atoms with Gasteiger partial charge in [0, 0.05) is 37.3 Å². The van der Waals surface area contributed by atoms with Gasteiger partial charge in [0.15, 0.2) is 0 Å². The molecule has 3 rings (SSSR count). The molecule has 0 atom stereocenters. The Hall–Kier alpha value is -3.03. The lowest BCUT2D eigenvalue weighted by Crippen LogP contribution is -2.24. The van der Waals surface area contributed by atoms with Crippen molar-refractivity contribution in [3.05, 3.63) is 34.4 Å². The normalized spacial score (nSPS) is 11.5. The second-order valence-electron chi connectivity index (χ2n) is 5.94. The van der Waals surface area contributed by atoms with Crippen LogP contribution < -0.4 is 5.32 Å². The number of nitrogens with zero attached hydrogens (tertiary/aromatic N) is 3. The number of amides is 1. The molecule has 0 saturated heterocycles. The van der Waals surface area contributed by atoms with Gasteiger partial charge in [-0.25, -0.2) is 18.6 Å². The number of aromatic amines is 1. The van der Waals surface area contributed by atoms with E-state index in [4.69, 9.17) is 9.90 Å². The Kier molecular flexibility index (Phi) is 7.12. The van der Waals surface area contributed by atoms with Gasteiger partial charge in [0.2, 0.25) is 0 Å². The molecule has 3 heterocycles. The number of carboxylic acids is 1. The molecular formula is C16H16F5N5O3S. The average molecular weight is 453 g/mol. The lowest BCUT2D eigenvalue weighted by molar-refractivity contribution is -0.192. The molecule has 8 nitrogen and oxygen atoms in total. The number of aryl methyl sites for hydroxylation is 2. The third-order valence-electron chi connectivity index (χ3n) is 3.65. The van der Waals surface area contributed by atoms with E-state index in [-0.39, 0.29) is 11.6 Å². The van der Waals surface area contributed by atoms with Crippen LogP contribution in [0.2, 0.25) is 0 Å². The van der Waals surface area contributed by atoms with Crippen molar-refractivity contribution in [1.82, 2.24) is 25.1 Å². The van der Waals surface area contributed by atoms with Crippen molar-refractivity contribution in [1.29, 1.82) is 0 Å². The summed E-state index contributed by atoms with van der Waals surface area (Å²) in [7, 11) is 1.59. The molecule has 0 aliphatic rings. The van der Waals surface area contributed by atoms with Gasteiger partial charge in [0.05, 0.1) is 4.88 Å². The monoisotopic (exact) mass is 453 g/mol. The fraction of sp³-hybridized carbons (Fsp3) is 0.375. The van der Waals surface area contributed by atoms with E-state index in [9.17, 15) is 26.7 Å². The topological polar surface area (TPSA) is 113 Å².